The molecule has 8 heteroatoms. The molecule has 1 saturated heterocycles. The van der Waals surface area contributed by atoms with Crippen LogP contribution in [0.4, 0.5) is 4.79 Å². The molecule has 4 atom stereocenters. The topological polar surface area (TPSA) is 86.8 Å². The van der Waals surface area contributed by atoms with Crippen molar-refractivity contribution < 1.29 is 18.0 Å². The van der Waals surface area contributed by atoms with Crippen molar-refractivity contribution in [1.29, 1.82) is 0 Å². The summed E-state index contributed by atoms with van der Waals surface area (Å²) in [6.07, 6.45) is 5.38. The fourth-order valence-electron chi connectivity index (χ4n) is 5.67. The molecule has 36 heavy (non-hydrogen) atoms. The van der Waals surface area contributed by atoms with E-state index in [0.717, 1.165) is 31.2 Å². The molecule has 194 valence electrons. The summed E-state index contributed by atoms with van der Waals surface area (Å²) in [6, 6.07) is 14.3. The van der Waals surface area contributed by atoms with Gasteiger partial charge in [0.1, 0.15) is 0 Å². The molecule has 0 radical (unpaired) electrons. The monoisotopic (exact) mass is 511 g/mol. The number of hydrogen-bond acceptors (Lipinski definition) is 4. The van der Waals surface area contributed by atoms with E-state index in [1.807, 2.05) is 44.2 Å². The highest BCUT2D eigenvalue weighted by molar-refractivity contribution is 7.89. The van der Waals surface area contributed by atoms with Gasteiger partial charge < -0.3 is 4.90 Å². The number of imide groups is 1. The highest BCUT2D eigenvalue weighted by atomic mass is 32.2. The molecule has 1 saturated carbocycles. The SMILES string of the molecule is Cc1ccc(S(=O)(=O)N[C@H](c2ccccc2)[C@@H](C)C(=O)N2C(=O)N(C)[C@@H](C)[C@H]2C2CCCCC2)cc1. The summed E-state index contributed by atoms with van der Waals surface area (Å²) in [6.45, 7) is 5.61. The smallest absolute Gasteiger partial charge is 0.323 e. The molecular weight excluding hydrogens is 474 g/mol. The fraction of sp³-hybridized carbons (Fsp3) is 0.500. The Morgan fingerprint density at radius 1 is 1.00 bits per heavy atom. The van der Waals surface area contributed by atoms with E-state index in [1.165, 1.54) is 11.3 Å². The molecule has 0 bridgehead atoms. The van der Waals surface area contributed by atoms with Gasteiger partial charge in [-0.1, -0.05) is 74.2 Å². The van der Waals surface area contributed by atoms with Gasteiger partial charge in [0.2, 0.25) is 15.9 Å². The van der Waals surface area contributed by atoms with Crippen LogP contribution in [0.1, 0.15) is 63.1 Å². The van der Waals surface area contributed by atoms with E-state index in [2.05, 4.69) is 4.72 Å². The molecule has 2 aromatic carbocycles. The van der Waals surface area contributed by atoms with E-state index in [-0.39, 0.29) is 34.8 Å². The number of aryl methyl sites for hydroxylation is 1. The van der Waals surface area contributed by atoms with Gasteiger partial charge in [0.25, 0.3) is 0 Å². The molecule has 1 N–H and O–H groups in total. The van der Waals surface area contributed by atoms with Gasteiger partial charge in [-0.3, -0.25) is 9.69 Å². The maximum atomic E-state index is 14.0. The second-order valence-electron chi connectivity index (χ2n) is 10.3. The van der Waals surface area contributed by atoms with E-state index in [9.17, 15) is 18.0 Å². The Morgan fingerprint density at radius 3 is 2.22 bits per heavy atom. The molecule has 0 aromatic heterocycles. The van der Waals surface area contributed by atoms with Crippen LogP contribution in [-0.2, 0) is 14.8 Å². The second-order valence-corrected chi connectivity index (χ2v) is 12.1. The van der Waals surface area contributed by atoms with Gasteiger partial charge in [0, 0.05) is 7.05 Å². The zero-order valence-electron chi connectivity index (χ0n) is 21.6. The maximum absolute atomic E-state index is 14.0. The number of hydrogen-bond donors (Lipinski definition) is 1. The van der Waals surface area contributed by atoms with Gasteiger partial charge >= 0.3 is 6.03 Å². The lowest BCUT2D eigenvalue weighted by atomic mass is 9.80. The number of carbonyl (C=O) groups is 2. The molecule has 1 aliphatic carbocycles. The van der Waals surface area contributed by atoms with Crippen LogP contribution < -0.4 is 4.72 Å². The summed E-state index contributed by atoms with van der Waals surface area (Å²) in [4.78, 5) is 30.6. The summed E-state index contributed by atoms with van der Waals surface area (Å²) in [5.74, 6) is -0.869. The average Bonchev–Trinajstić information content (AvgIpc) is 3.11. The quantitative estimate of drug-likeness (QED) is 0.574. The Bertz CT molecular complexity index is 1180. The number of benzene rings is 2. The number of amides is 3. The molecule has 4 rings (SSSR count). The zero-order chi connectivity index (χ0) is 26.0. The highest BCUT2D eigenvalue weighted by Gasteiger charge is 2.50. The van der Waals surface area contributed by atoms with E-state index >= 15 is 0 Å². The predicted molar refractivity (Wildman–Crippen MR) is 140 cm³/mol. The van der Waals surface area contributed by atoms with Gasteiger partial charge in [0.05, 0.1) is 28.9 Å². The van der Waals surface area contributed by atoms with Gasteiger partial charge in [-0.25, -0.2) is 17.9 Å². The van der Waals surface area contributed by atoms with Crippen molar-refractivity contribution in [2.24, 2.45) is 11.8 Å². The summed E-state index contributed by atoms with van der Waals surface area (Å²) < 4.78 is 29.5. The number of nitrogens with zero attached hydrogens (tertiary/aromatic N) is 2. The molecule has 2 fully saturated rings. The minimum absolute atomic E-state index is 0.0869. The minimum Gasteiger partial charge on any atom is -0.323 e. The van der Waals surface area contributed by atoms with Gasteiger partial charge in [-0.15, -0.1) is 0 Å². The van der Waals surface area contributed by atoms with E-state index in [4.69, 9.17) is 0 Å². The molecule has 0 spiro atoms. The molecule has 3 amide bonds. The Hall–Kier alpha value is -2.71. The number of sulfonamides is 1. The first-order chi connectivity index (χ1) is 17.1. The van der Waals surface area contributed by atoms with E-state index < -0.39 is 22.0 Å². The van der Waals surface area contributed by atoms with Crippen LogP contribution in [0.2, 0.25) is 0 Å². The molecule has 1 heterocycles. The van der Waals surface area contributed by atoms with Crippen molar-refractivity contribution in [3.63, 3.8) is 0 Å². The summed E-state index contributed by atoms with van der Waals surface area (Å²) >= 11 is 0. The maximum Gasteiger partial charge on any atom is 0.327 e. The lowest BCUT2D eigenvalue weighted by Gasteiger charge is -2.36. The van der Waals surface area contributed by atoms with Crippen LogP contribution in [0.25, 0.3) is 0 Å². The van der Waals surface area contributed by atoms with Gasteiger partial charge in [0.15, 0.2) is 0 Å². The predicted octanol–water partition coefficient (Wildman–Crippen LogP) is 4.88. The molecular formula is C28H37N3O4S. The first-order valence-corrected chi connectivity index (χ1v) is 14.3. The second kappa shape index (κ2) is 10.7. The summed E-state index contributed by atoms with van der Waals surface area (Å²) in [5.41, 5.74) is 1.63. The highest BCUT2D eigenvalue weighted by Crippen LogP contribution is 2.38. The van der Waals surface area contributed by atoms with Crippen molar-refractivity contribution >= 4 is 22.0 Å². The number of carbonyl (C=O) groups excluding carboxylic acids is 2. The van der Waals surface area contributed by atoms with Crippen LogP contribution in [0.5, 0.6) is 0 Å². The summed E-state index contributed by atoms with van der Waals surface area (Å²) in [5, 5.41) is 0. The number of nitrogens with one attached hydrogen (secondary N) is 1. The van der Waals surface area contributed by atoms with Crippen molar-refractivity contribution in [3.05, 3.63) is 65.7 Å². The molecule has 2 aromatic rings. The van der Waals surface area contributed by atoms with Crippen LogP contribution in [0.3, 0.4) is 0 Å². The Morgan fingerprint density at radius 2 is 1.61 bits per heavy atom. The number of likely N-dealkylation sites (N-methyl/N-ethyl adjacent to an activating group) is 1. The molecule has 1 aliphatic heterocycles. The Balaban J connectivity index is 1.67. The van der Waals surface area contributed by atoms with Crippen LogP contribution in [0, 0.1) is 18.8 Å². The summed E-state index contributed by atoms with van der Waals surface area (Å²) in [7, 11) is -2.17. The van der Waals surface area contributed by atoms with E-state index in [0.29, 0.717) is 5.56 Å². The largest absolute Gasteiger partial charge is 0.327 e. The zero-order valence-corrected chi connectivity index (χ0v) is 22.4. The number of urea groups is 1. The fourth-order valence-corrected chi connectivity index (χ4v) is 6.98. The van der Waals surface area contributed by atoms with Crippen molar-refractivity contribution in [1.82, 2.24) is 14.5 Å². The Kier molecular flexibility index (Phi) is 7.85. The first-order valence-electron chi connectivity index (χ1n) is 12.9. The number of rotatable bonds is 7. The molecule has 0 unspecified atom stereocenters. The average molecular weight is 512 g/mol. The first kappa shape index (κ1) is 26.4. The van der Waals surface area contributed by atoms with Gasteiger partial charge in [-0.05, 0) is 50.3 Å². The normalized spacial score (nSPS) is 23.1. The van der Waals surface area contributed by atoms with Gasteiger partial charge in [-0.2, -0.15) is 0 Å². The van der Waals surface area contributed by atoms with Crippen LogP contribution in [-0.4, -0.2) is 49.3 Å². The third kappa shape index (κ3) is 5.20. The van der Waals surface area contributed by atoms with Crippen molar-refractivity contribution in [2.45, 2.75) is 75.9 Å². The Labute approximate surface area is 214 Å². The lowest BCUT2D eigenvalue weighted by Crippen LogP contribution is -2.50. The molecule has 2 aliphatic rings. The third-order valence-corrected chi connectivity index (χ3v) is 9.40. The standard InChI is InChI=1S/C28H37N3O4S/c1-19-15-17-24(18-16-19)36(34,35)29-25(22-11-7-5-8-12-22)20(2)27(32)31-26(21(3)30(4)28(31)33)23-13-9-6-10-14-23/h5,7-8,11-12,15-18,20-21,23,25-26,29H,6,9-10,13-14H2,1-4H3/t20-,21+,25+,26+/m1/s1. The molecule has 7 nitrogen and oxygen atoms in total. The van der Waals surface area contributed by atoms with Crippen molar-refractivity contribution in [3.8, 4) is 0 Å². The van der Waals surface area contributed by atoms with Crippen molar-refractivity contribution in [2.75, 3.05) is 7.05 Å². The van der Waals surface area contributed by atoms with Crippen LogP contribution >= 0.6 is 0 Å². The van der Waals surface area contributed by atoms with Crippen LogP contribution in [0.15, 0.2) is 59.5 Å². The minimum atomic E-state index is -3.91. The third-order valence-electron chi connectivity index (χ3n) is 7.94. The lowest BCUT2D eigenvalue weighted by molar-refractivity contribution is -0.134. The van der Waals surface area contributed by atoms with E-state index in [1.54, 1.807) is 43.1 Å².